The molecule has 2 aliphatic heterocycles. The lowest BCUT2D eigenvalue weighted by Crippen LogP contribution is -2.59. The summed E-state index contributed by atoms with van der Waals surface area (Å²) in [5.41, 5.74) is -1.26. The topological polar surface area (TPSA) is 95.8 Å². The van der Waals surface area contributed by atoms with E-state index in [1.807, 2.05) is 0 Å². The standard InChI is InChI=1S/C15H21N3O4/c1-14(21)10-15(22-9-12(14)19)4-7-18(8-5-15)13(20)11-3-2-6-16-17-11/h2-3,6,12,19,21H,4-5,7-10H2,1H3/t12-,14-/m0/s1. The van der Waals surface area contributed by atoms with Gasteiger partial charge in [0.2, 0.25) is 0 Å². The molecule has 22 heavy (non-hydrogen) atoms. The van der Waals surface area contributed by atoms with Crippen molar-refractivity contribution in [2.45, 2.75) is 43.5 Å². The Hall–Kier alpha value is -1.57. The average Bonchev–Trinajstić information content (AvgIpc) is 2.52. The summed E-state index contributed by atoms with van der Waals surface area (Å²) in [6, 6.07) is 3.34. The first kappa shape index (κ1) is 15.3. The number of aliphatic hydroxyl groups is 2. The van der Waals surface area contributed by atoms with Gasteiger partial charge in [0.15, 0.2) is 5.69 Å². The molecule has 1 aromatic rings. The first-order valence-electron chi connectivity index (χ1n) is 7.53. The molecule has 0 unspecified atom stereocenters. The molecule has 7 nitrogen and oxygen atoms in total. The lowest BCUT2D eigenvalue weighted by Gasteiger charge is -2.49. The van der Waals surface area contributed by atoms with E-state index in [-0.39, 0.29) is 12.5 Å². The van der Waals surface area contributed by atoms with Crippen LogP contribution in [0.3, 0.4) is 0 Å². The number of carbonyl (C=O) groups excluding carboxylic acids is 1. The maximum Gasteiger partial charge on any atom is 0.274 e. The molecule has 3 heterocycles. The second-order valence-electron chi connectivity index (χ2n) is 6.44. The summed E-state index contributed by atoms with van der Waals surface area (Å²) >= 11 is 0. The quantitative estimate of drug-likeness (QED) is 0.757. The van der Waals surface area contributed by atoms with Crippen LogP contribution in [0, 0.1) is 0 Å². The highest BCUT2D eigenvalue weighted by molar-refractivity contribution is 5.92. The van der Waals surface area contributed by atoms with Gasteiger partial charge in [-0.05, 0) is 31.9 Å². The van der Waals surface area contributed by atoms with Crippen molar-refractivity contribution in [1.29, 1.82) is 0 Å². The third kappa shape index (κ3) is 2.84. The van der Waals surface area contributed by atoms with Crippen molar-refractivity contribution < 1.29 is 19.7 Å². The van der Waals surface area contributed by atoms with Gasteiger partial charge in [-0.25, -0.2) is 0 Å². The van der Waals surface area contributed by atoms with Crippen LogP contribution >= 0.6 is 0 Å². The minimum absolute atomic E-state index is 0.130. The molecule has 2 fully saturated rings. The molecule has 2 aliphatic rings. The van der Waals surface area contributed by atoms with Crippen LogP contribution in [0.15, 0.2) is 18.3 Å². The van der Waals surface area contributed by atoms with Crippen molar-refractivity contribution >= 4 is 5.91 Å². The van der Waals surface area contributed by atoms with E-state index >= 15 is 0 Å². The summed E-state index contributed by atoms with van der Waals surface area (Å²) in [5.74, 6) is -0.134. The van der Waals surface area contributed by atoms with Gasteiger partial charge in [0.1, 0.15) is 6.10 Å². The summed E-state index contributed by atoms with van der Waals surface area (Å²) in [4.78, 5) is 14.1. The molecule has 3 rings (SSSR count). The number of hydrogen-bond acceptors (Lipinski definition) is 6. The molecule has 2 saturated heterocycles. The number of aromatic nitrogens is 2. The molecule has 1 aromatic heterocycles. The van der Waals surface area contributed by atoms with Gasteiger partial charge in [-0.3, -0.25) is 4.79 Å². The highest BCUT2D eigenvalue weighted by Crippen LogP contribution is 2.39. The second kappa shape index (κ2) is 5.57. The maximum absolute atomic E-state index is 12.3. The Kier molecular flexibility index (Phi) is 3.88. The van der Waals surface area contributed by atoms with Gasteiger partial charge in [0.05, 0.1) is 17.8 Å². The van der Waals surface area contributed by atoms with Crippen LogP contribution in [0.1, 0.15) is 36.7 Å². The van der Waals surface area contributed by atoms with E-state index in [9.17, 15) is 15.0 Å². The Morgan fingerprint density at radius 3 is 2.77 bits per heavy atom. The van der Waals surface area contributed by atoms with Gasteiger partial charge >= 0.3 is 0 Å². The number of piperidine rings is 1. The first-order valence-corrected chi connectivity index (χ1v) is 7.53. The van der Waals surface area contributed by atoms with Gasteiger partial charge in [-0.2, -0.15) is 5.10 Å². The van der Waals surface area contributed by atoms with E-state index in [1.165, 1.54) is 6.20 Å². The number of rotatable bonds is 1. The zero-order chi connectivity index (χ0) is 15.8. The number of ether oxygens (including phenoxy) is 1. The summed E-state index contributed by atoms with van der Waals surface area (Å²) in [6.45, 7) is 2.85. The highest BCUT2D eigenvalue weighted by atomic mass is 16.5. The Bertz CT molecular complexity index is 541. The van der Waals surface area contributed by atoms with E-state index in [0.29, 0.717) is 38.0 Å². The molecule has 2 atom stereocenters. The molecule has 1 spiro atoms. The fraction of sp³-hybridized carbons (Fsp3) is 0.667. The molecular formula is C15H21N3O4. The van der Waals surface area contributed by atoms with Gasteiger partial charge in [0, 0.05) is 25.7 Å². The van der Waals surface area contributed by atoms with Crippen LogP contribution < -0.4 is 0 Å². The van der Waals surface area contributed by atoms with E-state index < -0.39 is 17.3 Å². The number of aliphatic hydroxyl groups excluding tert-OH is 1. The lowest BCUT2D eigenvalue weighted by atomic mass is 9.76. The van der Waals surface area contributed by atoms with Gasteiger partial charge < -0.3 is 19.8 Å². The van der Waals surface area contributed by atoms with Crippen molar-refractivity contribution in [2.75, 3.05) is 19.7 Å². The number of likely N-dealkylation sites (tertiary alicyclic amines) is 1. The Morgan fingerprint density at radius 1 is 1.45 bits per heavy atom. The van der Waals surface area contributed by atoms with E-state index in [0.717, 1.165) is 0 Å². The number of nitrogens with zero attached hydrogens (tertiary/aromatic N) is 3. The van der Waals surface area contributed by atoms with Crippen LogP contribution in [0.2, 0.25) is 0 Å². The molecule has 1 amide bonds. The third-order valence-corrected chi connectivity index (χ3v) is 4.70. The van der Waals surface area contributed by atoms with Crippen molar-refractivity contribution in [3.63, 3.8) is 0 Å². The van der Waals surface area contributed by atoms with Crippen LogP contribution in [0.25, 0.3) is 0 Å². The molecule has 7 heteroatoms. The molecule has 0 bridgehead atoms. The fourth-order valence-electron chi connectivity index (χ4n) is 3.27. The number of amides is 1. The van der Waals surface area contributed by atoms with Crippen molar-refractivity contribution in [1.82, 2.24) is 15.1 Å². The number of carbonyl (C=O) groups is 1. The van der Waals surface area contributed by atoms with Gasteiger partial charge in [-0.15, -0.1) is 5.10 Å². The molecule has 120 valence electrons. The molecule has 0 aliphatic carbocycles. The number of hydrogen-bond donors (Lipinski definition) is 2. The van der Waals surface area contributed by atoms with Crippen LogP contribution in [-0.4, -0.2) is 68.2 Å². The Labute approximate surface area is 128 Å². The third-order valence-electron chi connectivity index (χ3n) is 4.70. The van der Waals surface area contributed by atoms with Crippen LogP contribution in [0.5, 0.6) is 0 Å². The molecule has 2 N–H and O–H groups in total. The predicted octanol–water partition coefficient (Wildman–Crippen LogP) is -0.0164. The van der Waals surface area contributed by atoms with E-state index in [1.54, 1.807) is 24.0 Å². The normalized spacial score (nSPS) is 31.2. The van der Waals surface area contributed by atoms with Crippen LogP contribution in [0.4, 0.5) is 0 Å². The van der Waals surface area contributed by atoms with E-state index in [4.69, 9.17) is 4.74 Å². The SMILES string of the molecule is C[C@]1(O)CC2(CCN(C(=O)c3cccnn3)CC2)OC[C@@H]1O. The monoisotopic (exact) mass is 307 g/mol. The van der Waals surface area contributed by atoms with Crippen molar-refractivity contribution in [3.05, 3.63) is 24.0 Å². The summed E-state index contributed by atoms with van der Waals surface area (Å²) < 4.78 is 5.81. The molecule has 0 saturated carbocycles. The van der Waals surface area contributed by atoms with E-state index in [2.05, 4.69) is 10.2 Å². The fourth-order valence-corrected chi connectivity index (χ4v) is 3.27. The van der Waals surface area contributed by atoms with Crippen molar-refractivity contribution in [2.24, 2.45) is 0 Å². The maximum atomic E-state index is 12.3. The summed E-state index contributed by atoms with van der Waals surface area (Å²) in [5, 5.41) is 27.6. The van der Waals surface area contributed by atoms with Gasteiger partial charge in [-0.1, -0.05) is 0 Å². The molecular weight excluding hydrogens is 286 g/mol. The summed E-state index contributed by atoms with van der Waals surface area (Å²) in [7, 11) is 0. The largest absolute Gasteiger partial charge is 0.388 e. The van der Waals surface area contributed by atoms with Gasteiger partial charge in [0.25, 0.3) is 5.91 Å². The predicted molar refractivity (Wildman–Crippen MR) is 77.1 cm³/mol. The van der Waals surface area contributed by atoms with Crippen molar-refractivity contribution in [3.8, 4) is 0 Å². The minimum atomic E-state index is -1.14. The lowest BCUT2D eigenvalue weighted by molar-refractivity contribution is -0.221. The average molecular weight is 307 g/mol. The Balaban J connectivity index is 1.64. The zero-order valence-electron chi connectivity index (χ0n) is 12.6. The Morgan fingerprint density at radius 2 is 2.18 bits per heavy atom. The summed E-state index contributed by atoms with van der Waals surface area (Å²) in [6.07, 6.45) is 2.33. The smallest absolute Gasteiger partial charge is 0.274 e. The molecule has 0 radical (unpaired) electrons. The second-order valence-corrected chi connectivity index (χ2v) is 6.44. The highest BCUT2D eigenvalue weighted by Gasteiger charge is 2.49. The zero-order valence-corrected chi connectivity index (χ0v) is 12.6. The molecule has 0 aromatic carbocycles. The van der Waals surface area contributed by atoms with Crippen LogP contribution in [-0.2, 0) is 4.74 Å². The minimum Gasteiger partial charge on any atom is -0.388 e. The first-order chi connectivity index (χ1) is 10.4.